The summed E-state index contributed by atoms with van der Waals surface area (Å²) < 4.78 is 10.9. The molecule has 0 saturated heterocycles. The van der Waals surface area contributed by atoms with Crippen molar-refractivity contribution in [3.8, 4) is 5.75 Å². The smallest absolute Gasteiger partial charge is 0.344 e. The van der Waals surface area contributed by atoms with Gasteiger partial charge in [0.15, 0.2) is 6.61 Å². The van der Waals surface area contributed by atoms with Crippen LogP contribution in [-0.2, 0) is 14.9 Å². The van der Waals surface area contributed by atoms with Crippen molar-refractivity contribution in [1.82, 2.24) is 0 Å². The van der Waals surface area contributed by atoms with Crippen molar-refractivity contribution in [3.05, 3.63) is 29.8 Å². The monoisotopic (exact) mass is 342 g/mol. The Morgan fingerprint density at radius 2 is 1.52 bits per heavy atom. The van der Waals surface area contributed by atoms with Gasteiger partial charge < -0.3 is 9.47 Å². The first-order chi connectivity index (χ1) is 11.8. The van der Waals surface area contributed by atoms with Crippen LogP contribution in [0.25, 0.3) is 0 Å². The SMILES string of the molecule is CC(C)(C)OC(=O)COc1ccc(C23CC4CC(CC(C4)C2)C3)cc1. The Morgan fingerprint density at radius 3 is 2.00 bits per heavy atom. The minimum atomic E-state index is -0.469. The van der Waals surface area contributed by atoms with Crippen molar-refractivity contribution in [2.45, 2.75) is 70.3 Å². The summed E-state index contributed by atoms with van der Waals surface area (Å²) in [5, 5.41) is 0. The third-order valence-electron chi connectivity index (χ3n) is 6.28. The lowest BCUT2D eigenvalue weighted by Gasteiger charge is -2.57. The second-order valence-corrected chi connectivity index (χ2v) is 9.60. The molecule has 0 heterocycles. The first-order valence-electron chi connectivity index (χ1n) is 9.76. The number of ether oxygens (including phenoxy) is 2. The molecule has 1 aromatic rings. The zero-order chi connectivity index (χ0) is 17.7. The molecule has 0 aliphatic heterocycles. The Bertz CT molecular complexity index is 603. The molecule has 0 amide bonds. The van der Waals surface area contributed by atoms with E-state index in [1.165, 1.54) is 44.1 Å². The average Bonchev–Trinajstić information content (AvgIpc) is 2.50. The standard InChI is InChI=1S/C22H30O3/c1-21(2,3)25-20(23)14-24-19-6-4-18(5-7-19)22-11-15-8-16(12-22)10-17(9-15)13-22/h4-7,15-17H,8-14H2,1-3H3. The molecular weight excluding hydrogens is 312 g/mol. The van der Waals surface area contributed by atoms with E-state index in [0.717, 1.165) is 23.5 Å². The summed E-state index contributed by atoms with van der Waals surface area (Å²) in [6.07, 6.45) is 8.52. The lowest BCUT2D eigenvalue weighted by atomic mass is 9.48. The van der Waals surface area contributed by atoms with Crippen LogP contribution in [0.1, 0.15) is 64.9 Å². The van der Waals surface area contributed by atoms with E-state index in [9.17, 15) is 4.79 Å². The van der Waals surface area contributed by atoms with E-state index >= 15 is 0 Å². The molecule has 0 radical (unpaired) electrons. The fourth-order valence-corrected chi connectivity index (χ4v) is 5.88. The summed E-state index contributed by atoms with van der Waals surface area (Å²) in [7, 11) is 0. The molecule has 1 aromatic carbocycles. The molecule has 0 atom stereocenters. The highest BCUT2D eigenvalue weighted by Gasteiger charge is 2.51. The Kier molecular flexibility index (Phi) is 4.09. The molecule has 3 heteroatoms. The van der Waals surface area contributed by atoms with Crippen LogP contribution in [0.15, 0.2) is 24.3 Å². The largest absolute Gasteiger partial charge is 0.482 e. The maximum absolute atomic E-state index is 11.8. The van der Waals surface area contributed by atoms with Crippen LogP contribution in [0.3, 0.4) is 0 Å². The Balaban J connectivity index is 1.40. The minimum Gasteiger partial charge on any atom is -0.482 e. The summed E-state index contributed by atoms with van der Waals surface area (Å²) >= 11 is 0. The Hall–Kier alpha value is -1.51. The van der Waals surface area contributed by atoms with Gasteiger partial charge >= 0.3 is 5.97 Å². The summed E-state index contributed by atoms with van der Waals surface area (Å²) in [5.41, 5.74) is 1.43. The molecule has 25 heavy (non-hydrogen) atoms. The number of hydrogen-bond acceptors (Lipinski definition) is 3. The van der Waals surface area contributed by atoms with Gasteiger partial charge in [0.2, 0.25) is 0 Å². The van der Waals surface area contributed by atoms with Crippen molar-refractivity contribution < 1.29 is 14.3 Å². The number of carbonyl (C=O) groups is 1. The van der Waals surface area contributed by atoms with Gasteiger partial charge in [-0.15, -0.1) is 0 Å². The maximum Gasteiger partial charge on any atom is 0.344 e. The molecule has 0 unspecified atom stereocenters. The van der Waals surface area contributed by atoms with E-state index in [0.29, 0.717) is 5.41 Å². The van der Waals surface area contributed by atoms with Gasteiger partial charge in [0.05, 0.1) is 0 Å². The number of carbonyl (C=O) groups excluding carboxylic acids is 1. The van der Waals surface area contributed by atoms with Gasteiger partial charge in [-0.2, -0.15) is 0 Å². The van der Waals surface area contributed by atoms with E-state index in [4.69, 9.17) is 9.47 Å². The fourth-order valence-electron chi connectivity index (χ4n) is 5.88. The average molecular weight is 342 g/mol. The van der Waals surface area contributed by atoms with Gasteiger partial charge in [-0.3, -0.25) is 0 Å². The Labute approximate surface area is 151 Å². The van der Waals surface area contributed by atoms with Crippen LogP contribution in [0.4, 0.5) is 0 Å². The van der Waals surface area contributed by atoms with Crippen LogP contribution in [0.2, 0.25) is 0 Å². The number of hydrogen-bond donors (Lipinski definition) is 0. The summed E-state index contributed by atoms with van der Waals surface area (Å²) in [4.78, 5) is 11.8. The number of esters is 1. The summed E-state index contributed by atoms with van der Waals surface area (Å²) in [5.74, 6) is 3.29. The van der Waals surface area contributed by atoms with Gasteiger partial charge in [-0.1, -0.05) is 12.1 Å². The molecule has 5 rings (SSSR count). The van der Waals surface area contributed by atoms with Crippen LogP contribution in [-0.4, -0.2) is 18.2 Å². The lowest BCUT2D eigenvalue weighted by Crippen LogP contribution is -2.48. The highest BCUT2D eigenvalue weighted by molar-refractivity contribution is 5.71. The number of benzene rings is 1. The first-order valence-corrected chi connectivity index (χ1v) is 9.76. The van der Waals surface area contributed by atoms with Crippen molar-refractivity contribution in [1.29, 1.82) is 0 Å². The van der Waals surface area contributed by atoms with Crippen molar-refractivity contribution >= 4 is 5.97 Å². The van der Waals surface area contributed by atoms with Crippen molar-refractivity contribution in [2.75, 3.05) is 6.61 Å². The van der Waals surface area contributed by atoms with Crippen LogP contribution in [0, 0.1) is 17.8 Å². The second kappa shape index (κ2) is 6.03. The second-order valence-electron chi connectivity index (χ2n) is 9.60. The maximum atomic E-state index is 11.8. The zero-order valence-corrected chi connectivity index (χ0v) is 15.7. The van der Waals surface area contributed by atoms with Gasteiger partial charge in [0, 0.05) is 0 Å². The highest BCUT2D eigenvalue weighted by Crippen LogP contribution is 2.60. The molecule has 3 nitrogen and oxygen atoms in total. The molecular formula is C22H30O3. The molecule has 4 saturated carbocycles. The summed E-state index contributed by atoms with van der Waals surface area (Å²) in [6, 6.07) is 8.52. The minimum absolute atomic E-state index is 0.0337. The quantitative estimate of drug-likeness (QED) is 0.732. The molecule has 136 valence electrons. The zero-order valence-electron chi connectivity index (χ0n) is 15.7. The molecule has 4 aliphatic carbocycles. The molecule has 4 aliphatic rings. The third kappa shape index (κ3) is 3.56. The van der Waals surface area contributed by atoms with E-state index in [1.54, 1.807) is 0 Å². The number of rotatable bonds is 4. The highest BCUT2D eigenvalue weighted by atomic mass is 16.6. The molecule has 4 bridgehead atoms. The fraction of sp³-hybridized carbons (Fsp3) is 0.682. The summed E-state index contributed by atoms with van der Waals surface area (Å²) in [6.45, 7) is 5.56. The Morgan fingerprint density at radius 1 is 1.00 bits per heavy atom. The predicted octanol–water partition coefficient (Wildman–Crippen LogP) is 4.87. The van der Waals surface area contributed by atoms with E-state index in [2.05, 4.69) is 12.1 Å². The van der Waals surface area contributed by atoms with Crippen molar-refractivity contribution in [3.63, 3.8) is 0 Å². The van der Waals surface area contributed by atoms with Gasteiger partial charge in [0.1, 0.15) is 11.4 Å². The van der Waals surface area contributed by atoms with Gasteiger partial charge in [0.25, 0.3) is 0 Å². The predicted molar refractivity (Wildman–Crippen MR) is 97.6 cm³/mol. The molecule has 0 aromatic heterocycles. The molecule has 4 fully saturated rings. The van der Waals surface area contributed by atoms with E-state index in [-0.39, 0.29) is 12.6 Å². The molecule has 0 spiro atoms. The van der Waals surface area contributed by atoms with Gasteiger partial charge in [-0.05, 0) is 100 Å². The topological polar surface area (TPSA) is 35.5 Å². The lowest BCUT2D eigenvalue weighted by molar-refractivity contribution is -0.157. The van der Waals surface area contributed by atoms with Crippen molar-refractivity contribution in [2.24, 2.45) is 17.8 Å². The first kappa shape index (κ1) is 16.9. The third-order valence-corrected chi connectivity index (χ3v) is 6.28. The molecule has 0 N–H and O–H groups in total. The van der Waals surface area contributed by atoms with E-state index in [1.807, 2.05) is 32.9 Å². The van der Waals surface area contributed by atoms with Gasteiger partial charge in [-0.25, -0.2) is 4.79 Å². The van der Waals surface area contributed by atoms with Crippen LogP contribution in [0.5, 0.6) is 5.75 Å². The van der Waals surface area contributed by atoms with Crippen LogP contribution < -0.4 is 4.74 Å². The van der Waals surface area contributed by atoms with E-state index < -0.39 is 5.60 Å². The normalized spacial score (nSPS) is 33.3. The van der Waals surface area contributed by atoms with Crippen LogP contribution >= 0.6 is 0 Å².